The van der Waals surface area contributed by atoms with Crippen molar-refractivity contribution in [3.05, 3.63) is 42.2 Å². The normalized spacial score (nSPS) is 16.0. The van der Waals surface area contributed by atoms with Crippen LogP contribution in [0.25, 0.3) is 10.8 Å². The highest BCUT2D eigenvalue weighted by Crippen LogP contribution is 2.23. The van der Waals surface area contributed by atoms with Crippen LogP contribution in [0.2, 0.25) is 0 Å². The predicted molar refractivity (Wildman–Crippen MR) is 98.9 cm³/mol. The highest BCUT2D eigenvalue weighted by atomic mass is 16.6. The van der Waals surface area contributed by atoms with Crippen LogP contribution in [0.3, 0.4) is 0 Å². The molecule has 1 saturated heterocycles. The smallest absolute Gasteiger partial charge is 0.425 e. The average Bonchev–Trinajstić information content (AvgIpc) is 2.59. The molecule has 0 N–H and O–H groups in total. The van der Waals surface area contributed by atoms with E-state index in [0.29, 0.717) is 6.54 Å². The molecule has 0 bridgehead atoms. The van der Waals surface area contributed by atoms with Gasteiger partial charge in [-0.3, -0.25) is 4.98 Å². The summed E-state index contributed by atoms with van der Waals surface area (Å²) in [6.45, 7) is 8.02. The molecule has 0 spiro atoms. The molecule has 3 rings (SSSR count). The second-order valence-corrected chi connectivity index (χ2v) is 7.57. The first-order valence-electron chi connectivity index (χ1n) is 9.01. The molecule has 1 aliphatic heterocycles. The number of benzene rings is 1. The molecular weight excluding hydrogens is 314 g/mol. The summed E-state index contributed by atoms with van der Waals surface area (Å²) in [4.78, 5) is 17.0. The first kappa shape index (κ1) is 17.7. The van der Waals surface area contributed by atoms with Gasteiger partial charge < -0.3 is 4.74 Å². The van der Waals surface area contributed by atoms with Crippen LogP contribution in [-0.4, -0.2) is 39.8 Å². The van der Waals surface area contributed by atoms with Crippen molar-refractivity contribution < 1.29 is 9.53 Å². The molecule has 5 heteroatoms. The monoisotopic (exact) mass is 341 g/mol. The quantitative estimate of drug-likeness (QED) is 0.831. The Balaban J connectivity index is 1.89. The van der Waals surface area contributed by atoms with Crippen LogP contribution in [-0.2, 0) is 11.3 Å². The Morgan fingerprint density at radius 1 is 1.20 bits per heavy atom. The van der Waals surface area contributed by atoms with Crippen LogP contribution >= 0.6 is 0 Å². The molecule has 1 aromatic heterocycles. The average molecular weight is 341 g/mol. The van der Waals surface area contributed by atoms with Crippen LogP contribution in [0.5, 0.6) is 0 Å². The number of aromatic nitrogens is 1. The number of carbonyl (C=O) groups is 1. The van der Waals surface area contributed by atoms with Crippen molar-refractivity contribution in [1.82, 2.24) is 15.0 Å². The maximum atomic E-state index is 12.8. The molecule has 0 saturated carbocycles. The summed E-state index contributed by atoms with van der Waals surface area (Å²) >= 11 is 0. The third-order valence-corrected chi connectivity index (χ3v) is 4.37. The molecule has 5 nitrogen and oxygen atoms in total. The molecule has 1 aromatic carbocycles. The number of ether oxygens (including phenoxy) is 1. The van der Waals surface area contributed by atoms with Crippen LogP contribution in [0.15, 0.2) is 36.7 Å². The Morgan fingerprint density at radius 3 is 2.68 bits per heavy atom. The largest absolute Gasteiger partial charge is 0.443 e. The third kappa shape index (κ3) is 4.48. The number of amides is 1. The lowest BCUT2D eigenvalue weighted by Gasteiger charge is -2.38. The molecule has 1 amide bonds. The third-order valence-electron chi connectivity index (χ3n) is 4.37. The number of hydrazine groups is 1. The zero-order valence-corrected chi connectivity index (χ0v) is 15.4. The van der Waals surface area contributed by atoms with Crippen molar-refractivity contribution in [2.45, 2.75) is 52.2 Å². The number of carbonyl (C=O) groups excluding carboxylic acids is 1. The number of hydrogen-bond acceptors (Lipinski definition) is 4. The number of nitrogens with zero attached hydrogens (tertiary/aromatic N) is 3. The molecule has 134 valence electrons. The van der Waals surface area contributed by atoms with Gasteiger partial charge in [0.05, 0.1) is 6.54 Å². The van der Waals surface area contributed by atoms with Gasteiger partial charge in [0.25, 0.3) is 0 Å². The summed E-state index contributed by atoms with van der Waals surface area (Å²) in [7, 11) is 0. The van der Waals surface area contributed by atoms with Gasteiger partial charge in [0.2, 0.25) is 0 Å². The van der Waals surface area contributed by atoms with E-state index in [1.807, 2.05) is 45.2 Å². The zero-order chi connectivity index (χ0) is 17.9. The van der Waals surface area contributed by atoms with Gasteiger partial charge in [-0.1, -0.05) is 24.6 Å². The summed E-state index contributed by atoms with van der Waals surface area (Å²) < 4.78 is 5.67. The lowest BCUT2D eigenvalue weighted by Crippen LogP contribution is -2.50. The van der Waals surface area contributed by atoms with Crippen molar-refractivity contribution in [2.24, 2.45) is 0 Å². The summed E-state index contributed by atoms with van der Waals surface area (Å²) in [5.74, 6) is 0. The number of pyridine rings is 1. The Hall–Kier alpha value is -2.14. The van der Waals surface area contributed by atoms with Crippen molar-refractivity contribution in [2.75, 3.05) is 13.1 Å². The van der Waals surface area contributed by atoms with Gasteiger partial charge in [-0.2, -0.15) is 0 Å². The van der Waals surface area contributed by atoms with Crippen LogP contribution in [0.4, 0.5) is 4.79 Å². The summed E-state index contributed by atoms with van der Waals surface area (Å²) in [5.41, 5.74) is 0.602. The predicted octanol–water partition coefficient (Wildman–Crippen LogP) is 4.37. The van der Waals surface area contributed by atoms with Crippen molar-refractivity contribution >= 4 is 16.9 Å². The molecule has 1 fully saturated rings. The lowest BCUT2D eigenvalue weighted by atomic mass is 10.1. The Labute approximate surface area is 149 Å². The minimum absolute atomic E-state index is 0.277. The van der Waals surface area contributed by atoms with Gasteiger partial charge in [-0.15, -0.1) is 0 Å². The van der Waals surface area contributed by atoms with Gasteiger partial charge in [-0.25, -0.2) is 14.8 Å². The van der Waals surface area contributed by atoms with Crippen molar-refractivity contribution in [1.29, 1.82) is 0 Å². The van der Waals surface area contributed by atoms with Crippen LogP contribution in [0, 0.1) is 0 Å². The fourth-order valence-corrected chi connectivity index (χ4v) is 3.20. The Bertz CT molecular complexity index is 728. The van der Waals surface area contributed by atoms with E-state index >= 15 is 0 Å². The van der Waals surface area contributed by atoms with Gasteiger partial charge in [0, 0.05) is 30.9 Å². The zero-order valence-electron chi connectivity index (χ0n) is 15.4. The summed E-state index contributed by atoms with van der Waals surface area (Å²) in [6.07, 6.45) is 6.82. The number of fused-ring (bicyclic) bond motifs is 1. The maximum Gasteiger partial charge on any atom is 0.425 e. The molecule has 25 heavy (non-hydrogen) atoms. The highest BCUT2D eigenvalue weighted by Gasteiger charge is 2.28. The van der Waals surface area contributed by atoms with Gasteiger partial charge in [-0.05, 0) is 50.6 Å². The fraction of sp³-hybridized carbons (Fsp3) is 0.500. The number of piperidine rings is 1. The molecular formula is C20H27N3O2. The SMILES string of the molecule is CC(C)(C)OC(=O)N(Cc1cccc2cnccc12)N1CCCCC1. The Kier molecular flexibility index (Phi) is 5.23. The number of hydrogen-bond donors (Lipinski definition) is 0. The molecule has 0 aliphatic carbocycles. The standard InChI is InChI=1S/C20H27N3O2/c1-20(2,3)25-19(24)23(22-12-5-4-6-13-22)15-17-9-7-8-16-14-21-11-10-18(16)17/h7-11,14H,4-6,12-13,15H2,1-3H3. The lowest BCUT2D eigenvalue weighted by molar-refractivity contribution is -0.0634. The van der Waals surface area contributed by atoms with E-state index in [0.717, 1.165) is 42.3 Å². The minimum Gasteiger partial charge on any atom is -0.443 e. The van der Waals surface area contributed by atoms with E-state index in [1.165, 1.54) is 6.42 Å². The second kappa shape index (κ2) is 7.40. The second-order valence-electron chi connectivity index (χ2n) is 7.57. The van der Waals surface area contributed by atoms with Crippen LogP contribution < -0.4 is 0 Å². The number of rotatable bonds is 3. The van der Waals surface area contributed by atoms with E-state index in [1.54, 1.807) is 11.2 Å². The minimum atomic E-state index is -0.506. The molecule has 1 aliphatic rings. The van der Waals surface area contributed by atoms with Crippen LogP contribution in [0.1, 0.15) is 45.6 Å². The summed E-state index contributed by atoms with van der Waals surface area (Å²) in [6, 6.07) is 8.14. The topological polar surface area (TPSA) is 45.7 Å². The molecule has 0 unspecified atom stereocenters. The van der Waals surface area contributed by atoms with Gasteiger partial charge >= 0.3 is 6.09 Å². The van der Waals surface area contributed by atoms with Gasteiger partial charge in [0.15, 0.2) is 0 Å². The van der Waals surface area contributed by atoms with E-state index in [9.17, 15) is 4.79 Å². The van der Waals surface area contributed by atoms with E-state index in [2.05, 4.69) is 16.1 Å². The van der Waals surface area contributed by atoms with Crippen molar-refractivity contribution in [3.8, 4) is 0 Å². The Morgan fingerprint density at radius 2 is 1.96 bits per heavy atom. The summed E-state index contributed by atoms with van der Waals surface area (Å²) in [5, 5.41) is 6.13. The molecule has 2 aromatic rings. The highest BCUT2D eigenvalue weighted by molar-refractivity contribution is 5.85. The molecule has 0 radical (unpaired) electrons. The van der Waals surface area contributed by atoms with E-state index in [4.69, 9.17) is 4.74 Å². The van der Waals surface area contributed by atoms with E-state index < -0.39 is 5.60 Å². The first-order valence-corrected chi connectivity index (χ1v) is 9.01. The fourth-order valence-electron chi connectivity index (χ4n) is 3.20. The molecule has 2 heterocycles. The van der Waals surface area contributed by atoms with E-state index in [-0.39, 0.29) is 6.09 Å². The maximum absolute atomic E-state index is 12.8. The molecule has 0 atom stereocenters. The first-order chi connectivity index (χ1) is 11.9. The van der Waals surface area contributed by atoms with Gasteiger partial charge in [0.1, 0.15) is 5.60 Å². The van der Waals surface area contributed by atoms with Crippen molar-refractivity contribution in [3.63, 3.8) is 0 Å².